The summed E-state index contributed by atoms with van der Waals surface area (Å²) in [6, 6.07) is 10.6. The first-order valence-electron chi connectivity index (χ1n) is 9.65. The second-order valence-corrected chi connectivity index (χ2v) is 6.90. The molecule has 0 saturated carbocycles. The van der Waals surface area contributed by atoms with Crippen molar-refractivity contribution >= 4 is 34.2 Å². The molecule has 1 amide bonds. The molecule has 3 aromatic rings. The fraction of sp³-hybridized carbons (Fsp3) is 0.238. The van der Waals surface area contributed by atoms with E-state index in [-0.39, 0.29) is 28.8 Å². The molecule has 11 nitrogen and oxygen atoms in total. The molecule has 0 aliphatic heterocycles. The summed E-state index contributed by atoms with van der Waals surface area (Å²) in [7, 11) is 0. The number of nitro benzene ring substituents is 1. The fourth-order valence-corrected chi connectivity index (χ4v) is 3.20. The number of hydrogen-bond acceptors (Lipinski definition) is 7. The van der Waals surface area contributed by atoms with E-state index in [0.717, 1.165) is 9.13 Å². The van der Waals surface area contributed by atoms with E-state index in [2.05, 4.69) is 5.32 Å². The predicted octanol–water partition coefficient (Wildman–Crippen LogP) is 1.58. The van der Waals surface area contributed by atoms with E-state index in [4.69, 9.17) is 4.74 Å². The van der Waals surface area contributed by atoms with Crippen molar-refractivity contribution in [1.82, 2.24) is 9.13 Å². The zero-order chi connectivity index (χ0) is 23.4. The van der Waals surface area contributed by atoms with Crippen LogP contribution in [0.4, 0.5) is 11.4 Å². The Labute approximate surface area is 181 Å². The van der Waals surface area contributed by atoms with Gasteiger partial charge < -0.3 is 10.1 Å². The predicted molar refractivity (Wildman–Crippen MR) is 116 cm³/mol. The van der Waals surface area contributed by atoms with Crippen LogP contribution in [0.25, 0.3) is 10.9 Å². The van der Waals surface area contributed by atoms with Gasteiger partial charge in [-0.3, -0.25) is 33.6 Å². The molecular formula is C21H20N4O7. The third kappa shape index (κ3) is 4.56. The summed E-state index contributed by atoms with van der Waals surface area (Å²) in [6.07, 6.45) is 0. The summed E-state index contributed by atoms with van der Waals surface area (Å²) in [6.45, 7) is 2.19. The Balaban J connectivity index is 1.72. The van der Waals surface area contributed by atoms with Crippen LogP contribution in [0, 0.1) is 17.0 Å². The van der Waals surface area contributed by atoms with Crippen molar-refractivity contribution in [2.24, 2.45) is 0 Å². The number of aromatic nitrogens is 2. The Morgan fingerprint density at radius 2 is 1.84 bits per heavy atom. The van der Waals surface area contributed by atoms with Gasteiger partial charge in [-0.2, -0.15) is 0 Å². The van der Waals surface area contributed by atoms with Crippen LogP contribution in [0.3, 0.4) is 0 Å². The molecule has 0 aliphatic rings. The summed E-state index contributed by atoms with van der Waals surface area (Å²) < 4.78 is 7.08. The molecule has 0 fully saturated rings. The SMILES string of the molecule is CCn1c(=O)c2ccccc2n(CC(=O)OCC(=O)Nc2ccc(C)c([N+](=O)[O-])c2)c1=O. The lowest BCUT2D eigenvalue weighted by Crippen LogP contribution is -2.41. The average molecular weight is 440 g/mol. The van der Waals surface area contributed by atoms with E-state index < -0.39 is 41.2 Å². The van der Waals surface area contributed by atoms with Crippen LogP contribution in [-0.2, 0) is 27.4 Å². The van der Waals surface area contributed by atoms with Crippen molar-refractivity contribution in [1.29, 1.82) is 0 Å². The fourth-order valence-electron chi connectivity index (χ4n) is 3.20. The maximum Gasteiger partial charge on any atom is 0.332 e. The number of carbonyl (C=O) groups is 2. The van der Waals surface area contributed by atoms with Crippen molar-refractivity contribution in [2.45, 2.75) is 26.9 Å². The lowest BCUT2D eigenvalue weighted by atomic mass is 10.2. The Kier molecular flexibility index (Phi) is 6.47. The van der Waals surface area contributed by atoms with Gasteiger partial charge >= 0.3 is 11.7 Å². The standard InChI is InChI=1S/C21H20N4O7/c1-3-23-20(28)15-6-4-5-7-16(15)24(21(23)29)11-19(27)32-12-18(26)22-14-9-8-13(2)17(10-14)25(30)31/h4-10H,3,11-12H2,1-2H3,(H,22,26). The molecule has 0 aliphatic carbocycles. The van der Waals surface area contributed by atoms with Crippen LogP contribution < -0.4 is 16.6 Å². The molecule has 0 spiro atoms. The lowest BCUT2D eigenvalue weighted by molar-refractivity contribution is -0.385. The monoisotopic (exact) mass is 440 g/mol. The Bertz CT molecular complexity index is 1340. The van der Waals surface area contributed by atoms with Gasteiger partial charge in [0.15, 0.2) is 6.61 Å². The molecular weight excluding hydrogens is 420 g/mol. The van der Waals surface area contributed by atoms with E-state index in [0.29, 0.717) is 5.56 Å². The number of fused-ring (bicyclic) bond motifs is 1. The van der Waals surface area contributed by atoms with Gasteiger partial charge in [-0.15, -0.1) is 0 Å². The summed E-state index contributed by atoms with van der Waals surface area (Å²) in [5, 5.41) is 13.7. The molecule has 0 bridgehead atoms. The number of rotatable bonds is 7. The minimum Gasteiger partial charge on any atom is -0.454 e. The van der Waals surface area contributed by atoms with Gasteiger partial charge in [-0.25, -0.2) is 4.79 Å². The van der Waals surface area contributed by atoms with Crippen LogP contribution in [0.5, 0.6) is 0 Å². The first-order chi connectivity index (χ1) is 15.2. The van der Waals surface area contributed by atoms with Crippen molar-refractivity contribution in [3.05, 3.63) is 79.0 Å². The quantitative estimate of drug-likeness (QED) is 0.334. The molecule has 166 valence electrons. The molecule has 11 heteroatoms. The normalized spacial score (nSPS) is 10.7. The molecule has 0 atom stereocenters. The van der Waals surface area contributed by atoms with E-state index in [1.165, 1.54) is 18.2 Å². The third-order valence-electron chi connectivity index (χ3n) is 4.79. The first-order valence-corrected chi connectivity index (χ1v) is 9.65. The minimum atomic E-state index is -0.858. The second kappa shape index (κ2) is 9.25. The highest BCUT2D eigenvalue weighted by atomic mass is 16.6. The first kappa shape index (κ1) is 22.4. The number of nitrogens with one attached hydrogen (secondary N) is 1. The average Bonchev–Trinajstić information content (AvgIpc) is 2.76. The molecule has 3 rings (SSSR count). The largest absolute Gasteiger partial charge is 0.454 e. The highest BCUT2D eigenvalue weighted by molar-refractivity contribution is 5.93. The summed E-state index contributed by atoms with van der Waals surface area (Å²) in [4.78, 5) is 59.9. The third-order valence-corrected chi connectivity index (χ3v) is 4.79. The van der Waals surface area contributed by atoms with Crippen LogP contribution in [-0.4, -0.2) is 32.5 Å². The lowest BCUT2D eigenvalue weighted by Gasteiger charge is -2.13. The number of para-hydroxylation sites is 1. The van der Waals surface area contributed by atoms with Crippen LogP contribution in [0.1, 0.15) is 12.5 Å². The van der Waals surface area contributed by atoms with Gasteiger partial charge in [0.2, 0.25) is 0 Å². The van der Waals surface area contributed by atoms with E-state index in [9.17, 15) is 29.3 Å². The molecule has 0 radical (unpaired) electrons. The van der Waals surface area contributed by atoms with Crippen molar-refractivity contribution in [3.8, 4) is 0 Å². The Hall–Kier alpha value is -4.28. The number of anilines is 1. The number of hydrogen-bond donors (Lipinski definition) is 1. The van der Waals surface area contributed by atoms with Crippen LogP contribution in [0.15, 0.2) is 52.1 Å². The maximum absolute atomic E-state index is 12.6. The van der Waals surface area contributed by atoms with Gasteiger partial charge in [0.1, 0.15) is 6.54 Å². The summed E-state index contributed by atoms with van der Waals surface area (Å²) >= 11 is 0. The van der Waals surface area contributed by atoms with E-state index in [1.54, 1.807) is 38.1 Å². The van der Waals surface area contributed by atoms with Gasteiger partial charge in [-0.1, -0.05) is 18.2 Å². The highest BCUT2D eigenvalue weighted by Crippen LogP contribution is 2.22. The molecule has 0 unspecified atom stereocenters. The number of ether oxygens (including phenoxy) is 1. The minimum absolute atomic E-state index is 0.128. The molecule has 1 heterocycles. The topological polar surface area (TPSA) is 143 Å². The zero-order valence-corrected chi connectivity index (χ0v) is 17.4. The van der Waals surface area contributed by atoms with Gasteiger partial charge in [0.05, 0.1) is 15.8 Å². The zero-order valence-electron chi connectivity index (χ0n) is 17.4. The van der Waals surface area contributed by atoms with Crippen LogP contribution >= 0.6 is 0 Å². The number of nitro groups is 1. The van der Waals surface area contributed by atoms with E-state index in [1.807, 2.05) is 0 Å². The van der Waals surface area contributed by atoms with Gasteiger partial charge in [-0.05, 0) is 32.0 Å². The second-order valence-electron chi connectivity index (χ2n) is 6.90. The number of amides is 1. The van der Waals surface area contributed by atoms with Crippen LogP contribution in [0.2, 0.25) is 0 Å². The molecule has 1 aromatic heterocycles. The number of aryl methyl sites for hydroxylation is 1. The number of benzene rings is 2. The van der Waals surface area contributed by atoms with Gasteiger partial charge in [0.25, 0.3) is 17.2 Å². The number of nitrogens with zero attached hydrogens (tertiary/aromatic N) is 3. The molecule has 1 N–H and O–H groups in total. The van der Waals surface area contributed by atoms with Crippen molar-refractivity contribution in [2.75, 3.05) is 11.9 Å². The smallest absolute Gasteiger partial charge is 0.332 e. The van der Waals surface area contributed by atoms with Gasteiger partial charge in [0, 0.05) is 23.9 Å². The number of esters is 1. The van der Waals surface area contributed by atoms with E-state index >= 15 is 0 Å². The highest BCUT2D eigenvalue weighted by Gasteiger charge is 2.17. The van der Waals surface area contributed by atoms with Crippen molar-refractivity contribution in [3.63, 3.8) is 0 Å². The van der Waals surface area contributed by atoms with Crippen molar-refractivity contribution < 1.29 is 19.2 Å². The molecule has 0 saturated heterocycles. The maximum atomic E-state index is 12.6. The summed E-state index contributed by atoms with van der Waals surface area (Å²) in [5.74, 6) is -1.56. The Morgan fingerprint density at radius 1 is 1.12 bits per heavy atom. The molecule has 32 heavy (non-hydrogen) atoms. The molecule has 2 aromatic carbocycles. The number of carbonyl (C=O) groups excluding carboxylic acids is 2. The summed E-state index contributed by atoms with van der Waals surface area (Å²) in [5.41, 5.74) is -0.377. The Morgan fingerprint density at radius 3 is 2.53 bits per heavy atom.